The minimum Gasteiger partial charge on any atom is -0.379 e. The van der Waals surface area contributed by atoms with Crippen LogP contribution in [-0.4, -0.2) is 27.7 Å². The Balaban J connectivity index is 1.73. The van der Waals surface area contributed by atoms with Crippen LogP contribution in [0.3, 0.4) is 0 Å². The van der Waals surface area contributed by atoms with Gasteiger partial charge in [-0.05, 0) is 37.0 Å². The van der Waals surface area contributed by atoms with Crippen LogP contribution >= 0.6 is 23.8 Å². The fourth-order valence-corrected chi connectivity index (χ4v) is 2.36. The first-order valence-electron chi connectivity index (χ1n) is 6.06. The van der Waals surface area contributed by atoms with E-state index in [-0.39, 0.29) is 0 Å². The molecule has 2 aromatic rings. The Kier molecular flexibility index (Phi) is 3.37. The number of ether oxygens (including phenoxy) is 1. The zero-order chi connectivity index (χ0) is 12.5. The summed E-state index contributed by atoms with van der Waals surface area (Å²) < 4.78 is 8.24. The number of H-pyrrole nitrogens is 1. The van der Waals surface area contributed by atoms with E-state index in [0.717, 1.165) is 30.2 Å². The summed E-state index contributed by atoms with van der Waals surface area (Å²) in [5.74, 6) is 0.790. The highest BCUT2D eigenvalue weighted by Gasteiger charge is 2.20. The highest BCUT2D eigenvalue weighted by Crippen LogP contribution is 2.28. The summed E-state index contributed by atoms with van der Waals surface area (Å²) in [6.45, 7) is 2.26. The predicted molar refractivity (Wildman–Crippen MR) is 73.5 cm³/mol. The molecule has 0 saturated heterocycles. The molecule has 4 nitrogen and oxygen atoms in total. The molecule has 0 bridgehead atoms. The van der Waals surface area contributed by atoms with Crippen LogP contribution in [0.15, 0.2) is 12.3 Å². The first-order chi connectivity index (χ1) is 8.74. The third-order valence-electron chi connectivity index (χ3n) is 3.09. The number of imidazole rings is 1. The van der Waals surface area contributed by atoms with Gasteiger partial charge in [-0.3, -0.25) is 4.57 Å². The molecule has 3 rings (SSSR count). The van der Waals surface area contributed by atoms with Crippen molar-refractivity contribution in [3.05, 3.63) is 22.1 Å². The molecule has 0 aromatic carbocycles. The molecule has 0 radical (unpaired) electrons. The molecule has 1 aliphatic rings. The molecule has 0 spiro atoms. The average Bonchev–Trinajstić information content (AvgIpc) is 3.10. The van der Waals surface area contributed by atoms with Gasteiger partial charge < -0.3 is 9.72 Å². The lowest BCUT2D eigenvalue weighted by Gasteiger charge is -2.05. The van der Waals surface area contributed by atoms with Gasteiger partial charge in [-0.25, -0.2) is 4.98 Å². The Morgan fingerprint density at radius 1 is 1.56 bits per heavy atom. The third-order valence-corrected chi connectivity index (χ3v) is 3.61. The van der Waals surface area contributed by atoms with Crippen molar-refractivity contribution in [2.45, 2.75) is 19.4 Å². The van der Waals surface area contributed by atoms with Crippen molar-refractivity contribution < 1.29 is 4.74 Å². The van der Waals surface area contributed by atoms with Crippen LogP contribution in [-0.2, 0) is 11.3 Å². The molecule has 2 heterocycles. The van der Waals surface area contributed by atoms with Crippen LogP contribution in [0.1, 0.15) is 12.8 Å². The number of fused-ring (bicyclic) bond motifs is 1. The summed E-state index contributed by atoms with van der Waals surface area (Å²) in [6.07, 6.45) is 4.26. The molecule has 0 amide bonds. The summed E-state index contributed by atoms with van der Waals surface area (Å²) in [7, 11) is 0. The van der Waals surface area contributed by atoms with Gasteiger partial charge in [0, 0.05) is 12.8 Å². The minimum atomic E-state index is 0.607. The number of rotatable bonds is 5. The molecule has 96 valence electrons. The van der Waals surface area contributed by atoms with Crippen molar-refractivity contribution >= 4 is 35.0 Å². The van der Waals surface area contributed by atoms with E-state index in [1.54, 1.807) is 6.20 Å². The zero-order valence-corrected chi connectivity index (χ0v) is 11.4. The summed E-state index contributed by atoms with van der Waals surface area (Å²) in [6, 6.07) is 1.83. The van der Waals surface area contributed by atoms with Crippen LogP contribution in [0, 0.1) is 10.7 Å². The normalized spacial score (nSPS) is 15.4. The number of aromatic amines is 1. The number of nitrogens with zero attached hydrogens (tertiary/aromatic N) is 2. The fourth-order valence-electron chi connectivity index (χ4n) is 1.92. The zero-order valence-electron chi connectivity index (χ0n) is 9.86. The second kappa shape index (κ2) is 4.99. The molecule has 6 heteroatoms. The Morgan fingerprint density at radius 3 is 3.17 bits per heavy atom. The summed E-state index contributed by atoms with van der Waals surface area (Å²) in [5, 5.41) is 0.607. The van der Waals surface area contributed by atoms with Crippen molar-refractivity contribution in [1.29, 1.82) is 0 Å². The smallest absolute Gasteiger partial charge is 0.179 e. The molecule has 0 aliphatic heterocycles. The molecule has 1 fully saturated rings. The van der Waals surface area contributed by atoms with E-state index < -0.39 is 0 Å². The summed E-state index contributed by atoms with van der Waals surface area (Å²) in [4.78, 5) is 7.41. The maximum absolute atomic E-state index is 5.90. The van der Waals surface area contributed by atoms with Gasteiger partial charge in [0.25, 0.3) is 0 Å². The maximum atomic E-state index is 5.90. The van der Waals surface area contributed by atoms with Gasteiger partial charge in [-0.1, -0.05) is 11.6 Å². The van der Waals surface area contributed by atoms with Crippen molar-refractivity contribution in [3.8, 4) is 0 Å². The van der Waals surface area contributed by atoms with E-state index in [2.05, 4.69) is 9.97 Å². The van der Waals surface area contributed by atoms with Crippen molar-refractivity contribution in [2.75, 3.05) is 13.2 Å². The largest absolute Gasteiger partial charge is 0.379 e. The SMILES string of the molecule is S=c1[nH]c2cc(Cl)cnc2n1CCOCC1CC1. The first-order valence-corrected chi connectivity index (χ1v) is 6.84. The third kappa shape index (κ3) is 2.58. The molecular weight excluding hydrogens is 270 g/mol. The van der Waals surface area contributed by atoms with E-state index in [0.29, 0.717) is 16.4 Å². The quantitative estimate of drug-likeness (QED) is 0.677. The number of halogens is 1. The molecule has 18 heavy (non-hydrogen) atoms. The lowest BCUT2D eigenvalue weighted by Crippen LogP contribution is -2.08. The molecular formula is C12H14ClN3OS. The lowest BCUT2D eigenvalue weighted by atomic mass is 10.4. The van der Waals surface area contributed by atoms with Crippen LogP contribution in [0.5, 0.6) is 0 Å². The molecule has 0 unspecified atom stereocenters. The number of hydrogen-bond donors (Lipinski definition) is 1. The highest BCUT2D eigenvalue weighted by atomic mass is 35.5. The standard InChI is InChI=1S/C12H14ClN3OS/c13-9-5-10-11(14-6-9)16(12(18)15-10)3-4-17-7-8-1-2-8/h5-6,8H,1-4,7H2,(H,15,18). The second-order valence-electron chi connectivity index (χ2n) is 4.62. The Hall–Kier alpha value is -0.910. The van der Waals surface area contributed by atoms with Gasteiger partial charge in [0.1, 0.15) is 0 Å². The van der Waals surface area contributed by atoms with Gasteiger partial charge in [0.05, 0.1) is 23.7 Å². The second-order valence-corrected chi connectivity index (χ2v) is 5.45. The van der Waals surface area contributed by atoms with E-state index in [1.807, 2.05) is 10.6 Å². The van der Waals surface area contributed by atoms with Crippen LogP contribution < -0.4 is 0 Å². The molecule has 1 aliphatic carbocycles. The number of aromatic nitrogens is 3. The van der Waals surface area contributed by atoms with Gasteiger partial charge in [0.2, 0.25) is 0 Å². The topological polar surface area (TPSA) is 42.8 Å². The molecule has 2 aromatic heterocycles. The van der Waals surface area contributed by atoms with Crippen LogP contribution in [0.25, 0.3) is 11.2 Å². The van der Waals surface area contributed by atoms with Crippen LogP contribution in [0.2, 0.25) is 5.02 Å². The van der Waals surface area contributed by atoms with Crippen molar-refractivity contribution in [3.63, 3.8) is 0 Å². The Bertz CT molecular complexity index is 617. The monoisotopic (exact) mass is 283 g/mol. The van der Waals surface area contributed by atoms with E-state index in [1.165, 1.54) is 12.8 Å². The average molecular weight is 284 g/mol. The van der Waals surface area contributed by atoms with Crippen molar-refractivity contribution in [2.24, 2.45) is 5.92 Å². The molecule has 1 N–H and O–H groups in total. The summed E-state index contributed by atoms with van der Waals surface area (Å²) >= 11 is 11.2. The van der Waals surface area contributed by atoms with E-state index >= 15 is 0 Å². The van der Waals surface area contributed by atoms with E-state index in [9.17, 15) is 0 Å². The Morgan fingerprint density at radius 2 is 2.39 bits per heavy atom. The Labute approximate surface area is 115 Å². The van der Waals surface area contributed by atoms with Gasteiger partial charge in [-0.2, -0.15) is 0 Å². The van der Waals surface area contributed by atoms with Crippen molar-refractivity contribution in [1.82, 2.24) is 14.5 Å². The van der Waals surface area contributed by atoms with Gasteiger partial charge in [-0.15, -0.1) is 0 Å². The van der Waals surface area contributed by atoms with E-state index in [4.69, 9.17) is 28.6 Å². The fraction of sp³-hybridized carbons (Fsp3) is 0.500. The maximum Gasteiger partial charge on any atom is 0.179 e. The molecule has 0 atom stereocenters. The first kappa shape index (κ1) is 12.1. The van der Waals surface area contributed by atoms with Gasteiger partial charge in [0.15, 0.2) is 10.4 Å². The summed E-state index contributed by atoms with van der Waals surface area (Å²) in [5.41, 5.74) is 1.70. The predicted octanol–water partition coefficient (Wildman–Crippen LogP) is 3.17. The number of nitrogens with one attached hydrogen (secondary N) is 1. The van der Waals surface area contributed by atoms with Crippen LogP contribution in [0.4, 0.5) is 0 Å². The minimum absolute atomic E-state index is 0.607. The number of pyridine rings is 1. The number of hydrogen-bond acceptors (Lipinski definition) is 3. The molecule has 1 saturated carbocycles. The lowest BCUT2D eigenvalue weighted by molar-refractivity contribution is 0.117. The van der Waals surface area contributed by atoms with Gasteiger partial charge >= 0.3 is 0 Å². The highest BCUT2D eigenvalue weighted by molar-refractivity contribution is 7.71.